The fraction of sp³-hybridized carbons (Fsp3) is 0.269. The topological polar surface area (TPSA) is 104 Å². The summed E-state index contributed by atoms with van der Waals surface area (Å²) in [6.45, 7) is 3.92. The summed E-state index contributed by atoms with van der Waals surface area (Å²) < 4.78 is 13.8. The van der Waals surface area contributed by atoms with Crippen molar-refractivity contribution >= 4 is 28.6 Å². The van der Waals surface area contributed by atoms with Crippen LogP contribution in [0.5, 0.6) is 5.75 Å². The molecule has 0 aliphatic heterocycles. The van der Waals surface area contributed by atoms with E-state index in [0.29, 0.717) is 23.6 Å². The molecule has 0 N–H and O–H groups in total. The van der Waals surface area contributed by atoms with Crippen LogP contribution in [0.4, 0.5) is 0 Å². The summed E-state index contributed by atoms with van der Waals surface area (Å²) in [7, 11) is 0. The molecular formula is C26H26N4O5. The summed E-state index contributed by atoms with van der Waals surface area (Å²) >= 11 is 0. The molecule has 9 nitrogen and oxygen atoms in total. The molecule has 0 bridgehead atoms. The van der Waals surface area contributed by atoms with E-state index in [0.717, 1.165) is 12.8 Å². The maximum Gasteiger partial charge on any atom is 0.341 e. The predicted molar refractivity (Wildman–Crippen MR) is 130 cm³/mol. The fourth-order valence-corrected chi connectivity index (χ4v) is 3.70. The van der Waals surface area contributed by atoms with Gasteiger partial charge < -0.3 is 14.0 Å². The number of amides is 1. The van der Waals surface area contributed by atoms with E-state index in [1.54, 1.807) is 60.2 Å². The van der Waals surface area contributed by atoms with Crippen molar-refractivity contribution in [3.63, 3.8) is 0 Å². The summed E-state index contributed by atoms with van der Waals surface area (Å²) in [5.41, 5.74) is 0.588. The Morgan fingerprint density at radius 1 is 1.06 bits per heavy atom. The van der Waals surface area contributed by atoms with Crippen LogP contribution in [0.3, 0.4) is 0 Å². The second-order valence-electron chi connectivity index (χ2n) is 7.80. The number of aryl methyl sites for hydroxylation is 1. The molecule has 0 aliphatic carbocycles. The van der Waals surface area contributed by atoms with Gasteiger partial charge in [0.15, 0.2) is 12.1 Å². The van der Waals surface area contributed by atoms with E-state index in [2.05, 4.69) is 9.98 Å². The van der Waals surface area contributed by atoms with Crippen LogP contribution in [-0.4, -0.2) is 39.0 Å². The van der Waals surface area contributed by atoms with Crippen molar-refractivity contribution in [2.45, 2.75) is 33.2 Å². The van der Waals surface area contributed by atoms with Gasteiger partial charge in [0, 0.05) is 12.7 Å². The Balaban J connectivity index is 1.94. The number of hydrogen-bond acceptors (Lipinski definition) is 6. The monoisotopic (exact) mass is 474 g/mol. The minimum absolute atomic E-state index is 0.0262. The van der Waals surface area contributed by atoms with Gasteiger partial charge in [-0.2, -0.15) is 4.99 Å². The van der Waals surface area contributed by atoms with Crippen molar-refractivity contribution in [2.24, 2.45) is 4.99 Å². The highest BCUT2D eigenvalue weighted by molar-refractivity contribution is 5.93. The standard InChI is InChI=1S/C26H26N4O5/c1-3-5-14-30-23-19(25(32)29-15-10-9-13-21(29)27-23)16-20(26(33)34-4-2)24(30)28-22(31)17-35-18-11-7-6-8-12-18/h6-13,15-16H,3-5,14,17H2,1-2H3. The van der Waals surface area contributed by atoms with E-state index in [-0.39, 0.29) is 35.2 Å². The average Bonchev–Trinajstić information content (AvgIpc) is 2.87. The lowest BCUT2D eigenvalue weighted by Gasteiger charge is -2.15. The molecule has 0 unspecified atom stereocenters. The Labute approximate surface area is 201 Å². The third kappa shape index (κ3) is 5.13. The molecular weight excluding hydrogens is 448 g/mol. The number of aromatic nitrogens is 3. The van der Waals surface area contributed by atoms with Gasteiger partial charge >= 0.3 is 5.97 Å². The number of nitrogens with zero attached hydrogens (tertiary/aromatic N) is 4. The zero-order chi connectivity index (χ0) is 24.8. The van der Waals surface area contributed by atoms with Gasteiger partial charge in [-0.15, -0.1) is 0 Å². The molecule has 4 aromatic rings. The van der Waals surface area contributed by atoms with Crippen LogP contribution in [0.1, 0.15) is 37.0 Å². The Morgan fingerprint density at radius 3 is 2.57 bits per heavy atom. The molecule has 9 heteroatoms. The van der Waals surface area contributed by atoms with E-state index in [1.807, 2.05) is 13.0 Å². The smallest absolute Gasteiger partial charge is 0.341 e. The largest absolute Gasteiger partial charge is 0.484 e. The van der Waals surface area contributed by atoms with Gasteiger partial charge in [-0.3, -0.25) is 14.0 Å². The summed E-state index contributed by atoms with van der Waals surface area (Å²) in [5, 5.41) is 0.236. The normalized spacial score (nSPS) is 11.7. The van der Waals surface area contributed by atoms with Gasteiger partial charge in [0.25, 0.3) is 11.5 Å². The molecule has 0 radical (unpaired) electrons. The van der Waals surface area contributed by atoms with Crippen LogP contribution in [0.15, 0.2) is 70.6 Å². The molecule has 0 saturated carbocycles. The molecule has 3 heterocycles. The van der Waals surface area contributed by atoms with Crippen molar-refractivity contribution in [2.75, 3.05) is 13.2 Å². The first kappa shape index (κ1) is 23.9. The van der Waals surface area contributed by atoms with Crippen molar-refractivity contribution in [1.82, 2.24) is 14.0 Å². The van der Waals surface area contributed by atoms with E-state index in [9.17, 15) is 14.4 Å². The Kier molecular flexibility index (Phi) is 7.35. The first-order valence-electron chi connectivity index (χ1n) is 11.5. The maximum atomic E-state index is 13.3. The lowest BCUT2D eigenvalue weighted by atomic mass is 10.2. The third-order valence-electron chi connectivity index (χ3n) is 5.36. The van der Waals surface area contributed by atoms with E-state index < -0.39 is 11.9 Å². The second-order valence-corrected chi connectivity index (χ2v) is 7.80. The SMILES string of the molecule is CCCCn1c(=NC(=O)COc2ccccc2)c(C(=O)OCC)cc2c(=O)n3ccccc3nc21. The minimum Gasteiger partial charge on any atom is -0.484 e. The summed E-state index contributed by atoms with van der Waals surface area (Å²) in [6, 6.07) is 15.6. The van der Waals surface area contributed by atoms with Gasteiger partial charge in [-0.25, -0.2) is 9.78 Å². The molecule has 3 aromatic heterocycles. The summed E-state index contributed by atoms with van der Waals surface area (Å²) in [6.07, 6.45) is 3.18. The number of para-hydroxylation sites is 1. The molecule has 0 aliphatic rings. The van der Waals surface area contributed by atoms with Gasteiger partial charge in [0.2, 0.25) is 0 Å². The highest BCUT2D eigenvalue weighted by atomic mass is 16.5. The van der Waals surface area contributed by atoms with Crippen LogP contribution in [0.2, 0.25) is 0 Å². The van der Waals surface area contributed by atoms with Gasteiger partial charge in [-0.05, 0) is 43.7 Å². The molecule has 0 atom stereocenters. The number of carbonyl (C=O) groups is 2. The highest BCUT2D eigenvalue weighted by Gasteiger charge is 2.20. The average molecular weight is 475 g/mol. The highest BCUT2D eigenvalue weighted by Crippen LogP contribution is 2.13. The molecule has 1 aromatic carbocycles. The minimum atomic E-state index is -0.673. The number of ether oxygens (including phenoxy) is 2. The lowest BCUT2D eigenvalue weighted by Crippen LogP contribution is -2.33. The Bertz CT molecular complexity index is 1510. The number of unbranched alkanes of at least 4 members (excludes halogenated alkanes) is 1. The molecule has 0 saturated heterocycles. The number of hydrogen-bond donors (Lipinski definition) is 0. The molecule has 35 heavy (non-hydrogen) atoms. The Hall–Kier alpha value is -4.27. The van der Waals surface area contributed by atoms with Crippen molar-refractivity contribution in [1.29, 1.82) is 0 Å². The van der Waals surface area contributed by atoms with Crippen molar-refractivity contribution in [3.05, 3.63) is 82.2 Å². The van der Waals surface area contributed by atoms with Crippen LogP contribution < -0.4 is 15.8 Å². The molecule has 4 rings (SSSR count). The van der Waals surface area contributed by atoms with Crippen molar-refractivity contribution in [3.8, 4) is 5.75 Å². The first-order valence-corrected chi connectivity index (χ1v) is 11.5. The third-order valence-corrected chi connectivity index (χ3v) is 5.36. The lowest BCUT2D eigenvalue weighted by molar-refractivity contribution is -0.120. The van der Waals surface area contributed by atoms with Crippen LogP contribution in [-0.2, 0) is 16.1 Å². The van der Waals surface area contributed by atoms with E-state index in [4.69, 9.17) is 9.47 Å². The Morgan fingerprint density at radius 2 is 1.83 bits per heavy atom. The summed E-state index contributed by atoms with van der Waals surface area (Å²) in [5.74, 6) is -0.727. The first-order chi connectivity index (χ1) is 17.0. The van der Waals surface area contributed by atoms with Gasteiger partial charge in [0.1, 0.15) is 22.6 Å². The van der Waals surface area contributed by atoms with Gasteiger partial charge in [-0.1, -0.05) is 37.6 Å². The zero-order valence-corrected chi connectivity index (χ0v) is 19.6. The number of rotatable bonds is 8. The maximum absolute atomic E-state index is 13.3. The number of pyridine rings is 2. The summed E-state index contributed by atoms with van der Waals surface area (Å²) in [4.78, 5) is 47.9. The fourth-order valence-electron chi connectivity index (χ4n) is 3.70. The molecule has 180 valence electrons. The molecule has 1 amide bonds. The van der Waals surface area contributed by atoms with E-state index in [1.165, 1.54) is 10.5 Å². The number of fused-ring (bicyclic) bond motifs is 2. The quantitative estimate of drug-likeness (QED) is 0.287. The molecule has 0 spiro atoms. The van der Waals surface area contributed by atoms with Gasteiger partial charge in [0.05, 0.1) is 12.0 Å². The number of esters is 1. The van der Waals surface area contributed by atoms with E-state index >= 15 is 0 Å². The second kappa shape index (κ2) is 10.8. The zero-order valence-electron chi connectivity index (χ0n) is 19.6. The predicted octanol–water partition coefficient (Wildman–Crippen LogP) is 3.13. The van der Waals surface area contributed by atoms with Crippen LogP contribution in [0, 0.1) is 0 Å². The number of benzene rings is 1. The molecule has 0 fully saturated rings. The number of carbonyl (C=O) groups excluding carboxylic acids is 2. The van der Waals surface area contributed by atoms with Crippen LogP contribution in [0.25, 0.3) is 16.7 Å². The van der Waals surface area contributed by atoms with Crippen LogP contribution >= 0.6 is 0 Å². The van der Waals surface area contributed by atoms with Crippen molar-refractivity contribution < 1.29 is 19.1 Å².